The average Bonchev–Trinajstić information content (AvgIpc) is 3.54. The molecule has 0 spiro atoms. The molecule has 0 aliphatic carbocycles. The Hall–Kier alpha value is -3.18. The van der Waals surface area contributed by atoms with Gasteiger partial charge >= 0.3 is 29.6 Å². The smallest absolute Gasteiger partial charge is 0.777 e. The van der Waals surface area contributed by atoms with E-state index in [0.29, 0.717) is 28.2 Å². The minimum atomic E-state index is -3.98. The number of hydrogen-bond acceptors (Lipinski definition) is 8. The first-order valence-electron chi connectivity index (χ1n) is 11.0. The Bertz CT molecular complexity index is 1600. The molecule has 13 heteroatoms. The van der Waals surface area contributed by atoms with Crippen LogP contribution in [0.3, 0.4) is 0 Å². The molecule has 0 bridgehead atoms. The number of amides is 1. The number of nitrogens with one attached hydrogen (secondary N) is 2. The Morgan fingerprint density at radius 1 is 1.08 bits per heavy atom. The van der Waals surface area contributed by atoms with Crippen LogP contribution in [0.25, 0.3) is 33.5 Å². The summed E-state index contributed by atoms with van der Waals surface area (Å²) in [7, 11) is -3.98. The van der Waals surface area contributed by atoms with E-state index in [1.807, 2.05) is 30.3 Å². The number of carbonyl (C=O) groups excluding carboxylic acids is 1. The number of nitrogens with zero attached hydrogens (tertiary/aromatic N) is 5. The van der Waals surface area contributed by atoms with E-state index >= 15 is 0 Å². The minimum absolute atomic E-state index is 0. The van der Waals surface area contributed by atoms with Crippen LogP contribution in [-0.4, -0.2) is 42.0 Å². The molecule has 0 aliphatic rings. The van der Waals surface area contributed by atoms with Crippen LogP contribution in [-0.2, 0) is 15.4 Å². The van der Waals surface area contributed by atoms with Gasteiger partial charge in [0.25, 0.3) is 5.91 Å². The molecule has 37 heavy (non-hydrogen) atoms. The predicted molar refractivity (Wildman–Crippen MR) is 132 cm³/mol. The van der Waals surface area contributed by atoms with Crippen LogP contribution in [0.4, 0.5) is 5.82 Å². The van der Waals surface area contributed by atoms with Crippen molar-refractivity contribution in [1.29, 1.82) is 0 Å². The molecular formula is C24H21N7NaO4P. The van der Waals surface area contributed by atoms with Gasteiger partial charge in [0.1, 0.15) is 11.8 Å². The summed E-state index contributed by atoms with van der Waals surface area (Å²) in [6, 6.07) is 14.8. The molecule has 0 saturated heterocycles. The van der Waals surface area contributed by atoms with E-state index in [0.717, 1.165) is 16.7 Å². The van der Waals surface area contributed by atoms with E-state index in [9.17, 15) is 14.3 Å². The topological polar surface area (TPSA) is 151 Å². The van der Waals surface area contributed by atoms with E-state index in [1.165, 1.54) is 23.5 Å². The van der Waals surface area contributed by atoms with E-state index < -0.39 is 7.60 Å². The van der Waals surface area contributed by atoms with Crippen LogP contribution in [0.2, 0.25) is 0 Å². The maximum absolute atomic E-state index is 12.9. The number of hydrogen-bond donors (Lipinski definition) is 2. The molecule has 1 unspecified atom stereocenters. The summed E-state index contributed by atoms with van der Waals surface area (Å²) in [6.07, 6.45) is 5.66. The van der Waals surface area contributed by atoms with Crippen molar-refractivity contribution in [1.82, 2.24) is 29.5 Å². The van der Waals surface area contributed by atoms with Crippen molar-refractivity contribution in [2.75, 3.05) is 11.9 Å². The van der Waals surface area contributed by atoms with Crippen molar-refractivity contribution < 1.29 is 48.3 Å². The molecule has 182 valence electrons. The molecule has 3 heterocycles. The second kappa shape index (κ2) is 11.5. The fourth-order valence-corrected chi connectivity index (χ4v) is 4.79. The molecule has 5 rings (SSSR count). The van der Waals surface area contributed by atoms with Gasteiger partial charge in [-0.25, -0.2) is 19.9 Å². The quantitative estimate of drug-likeness (QED) is 0.222. The van der Waals surface area contributed by atoms with Crippen molar-refractivity contribution in [3.05, 3.63) is 79.3 Å². The van der Waals surface area contributed by atoms with Gasteiger partial charge in [0.05, 0.1) is 31.2 Å². The van der Waals surface area contributed by atoms with Gasteiger partial charge in [-0.1, -0.05) is 30.3 Å². The number of rotatable bonds is 8. The first-order valence-corrected chi connectivity index (χ1v) is 12.8. The number of carbonyl (C=O) groups is 1. The van der Waals surface area contributed by atoms with Crippen LogP contribution >= 0.6 is 7.60 Å². The summed E-state index contributed by atoms with van der Waals surface area (Å²) in [5.74, 6) is 0.0233. The third kappa shape index (κ3) is 6.22. The summed E-state index contributed by atoms with van der Waals surface area (Å²) in [5.41, 5.74) is 4.59. The van der Waals surface area contributed by atoms with Crippen LogP contribution in [0, 0.1) is 0 Å². The summed E-state index contributed by atoms with van der Waals surface area (Å²) in [6.45, 7) is 1.72. The Labute approximate surface area is 234 Å². The van der Waals surface area contributed by atoms with Gasteiger partial charge in [-0.05, 0) is 36.2 Å². The summed E-state index contributed by atoms with van der Waals surface area (Å²) >= 11 is 0. The average molecular weight is 525 g/mol. The number of aromatic amines is 1. The SMILES string of the molecule is CCOP(=O)([O-])Cn1cnc(-c2cccc(-c3cccc(C(=O)Nc4ncnc5nc[nH]c45)c3)c2)c1.[Na+]. The van der Waals surface area contributed by atoms with Crippen LogP contribution in [0.15, 0.2) is 73.7 Å². The van der Waals surface area contributed by atoms with Crippen molar-refractivity contribution in [2.45, 2.75) is 13.2 Å². The Morgan fingerprint density at radius 3 is 2.65 bits per heavy atom. The molecule has 11 nitrogen and oxygen atoms in total. The molecule has 0 fully saturated rings. The van der Waals surface area contributed by atoms with Crippen LogP contribution in [0.5, 0.6) is 0 Å². The fourth-order valence-electron chi connectivity index (χ4n) is 3.76. The van der Waals surface area contributed by atoms with Gasteiger partial charge in [0.2, 0.25) is 0 Å². The molecule has 0 radical (unpaired) electrons. The second-order valence-corrected chi connectivity index (χ2v) is 9.65. The Kier molecular flexibility index (Phi) is 8.33. The summed E-state index contributed by atoms with van der Waals surface area (Å²) < 4.78 is 18.2. The van der Waals surface area contributed by atoms with Gasteiger partial charge in [-0.3, -0.25) is 4.79 Å². The third-order valence-corrected chi connectivity index (χ3v) is 6.69. The van der Waals surface area contributed by atoms with Gasteiger partial charge in [0, 0.05) is 17.3 Å². The minimum Gasteiger partial charge on any atom is -0.777 e. The molecule has 5 aromatic rings. The van der Waals surface area contributed by atoms with Crippen LogP contribution < -0.4 is 39.8 Å². The number of fused-ring (bicyclic) bond motifs is 1. The summed E-state index contributed by atoms with van der Waals surface area (Å²) in [4.78, 5) is 44.4. The van der Waals surface area contributed by atoms with Gasteiger partial charge in [-0.15, -0.1) is 0 Å². The molecule has 2 aromatic carbocycles. The second-order valence-electron chi connectivity index (χ2n) is 7.88. The molecular weight excluding hydrogens is 504 g/mol. The summed E-state index contributed by atoms with van der Waals surface area (Å²) in [5, 5.41) is 2.80. The van der Waals surface area contributed by atoms with Gasteiger partial charge in [0.15, 0.2) is 19.1 Å². The van der Waals surface area contributed by atoms with Gasteiger partial charge < -0.3 is 28.9 Å². The maximum atomic E-state index is 12.9. The first-order chi connectivity index (χ1) is 17.4. The number of H-pyrrole nitrogens is 1. The molecule has 0 aliphatic heterocycles. The maximum Gasteiger partial charge on any atom is 1.00 e. The first kappa shape index (κ1) is 26.9. The molecule has 3 aromatic heterocycles. The van der Waals surface area contributed by atoms with Gasteiger partial charge in [-0.2, -0.15) is 0 Å². The predicted octanol–water partition coefficient (Wildman–Crippen LogP) is 0.687. The number of imidazole rings is 2. The Morgan fingerprint density at radius 2 is 1.84 bits per heavy atom. The van der Waals surface area contributed by atoms with Crippen molar-refractivity contribution in [2.24, 2.45) is 0 Å². The number of aromatic nitrogens is 6. The van der Waals surface area contributed by atoms with E-state index in [1.54, 1.807) is 31.3 Å². The fraction of sp³-hybridized carbons (Fsp3) is 0.125. The van der Waals surface area contributed by atoms with Crippen molar-refractivity contribution >= 4 is 30.5 Å². The molecule has 2 N–H and O–H groups in total. The van der Waals surface area contributed by atoms with E-state index in [4.69, 9.17) is 4.52 Å². The Balaban J connectivity index is 0.00000320. The van der Waals surface area contributed by atoms with Crippen molar-refractivity contribution in [3.8, 4) is 22.4 Å². The number of anilines is 1. The van der Waals surface area contributed by atoms with E-state index in [-0.39, 0.29) is 48.4 Å². The molecule has 1 atom stereocenters. The molecule has 1 amide bonds. The zero-order chi connectivity index (χ0) is 25.1. The van der Waals surface area contributed by atoms with E-state index in [2.05, 4.69) is 30.2 Å². The number of benzene rings is 2. The zero-order valence-corrected chi connectivity index (χ0v) is 23.1. The largest absolute Gasteiger partial charge is 1.00 e. The van der Waals surface area contributed by atoms with Crippen molar-refractivity contribution in [3.63, 3.8) is 0 Å². The van der Waals surface area contributed by atoms with Crippen LogP contribution in [0.1, 0.15) is 17.3 Å². The molecule has 0 saturated carbocycles. The standard InChI is InChI=1S/C24H22N7O4P.Na/c1-2-35-36(33,34)15-31-11-20(29-14-31)18-7-3-5-16(9-18)17-6-4-8-19(10-17)24(32)30-23-21-22(26-12-25-21)27-13-28-23;/h3-14H,2,15H2,1H3,(H,33,34)(H2,25,26,27,28,30,32);/q;+1/p-1. The zero-order valence-electron chi connectivity index (χ0n) is 20.2. The monoisotopic (exact) mass is 525 g/mol. The third-order valence-electron chi connectivity index (χ3n) is 5.37. The normalized spacial score (nSPS) is 12.6.